The van der Waals surface area contributed by atoms with Gasteiger partial charge in [0.1, 0.15) is 18.4 Å². The van der Waals surface area contributed by atoms with Crippen molar-refractivity contribution >= 4 is 5.69 Å². The van der Waals surface area contributed by atoms with Gasteiger partial charge in [-0.3, -0.25) is 15.4 Å². The summed E-state index contributed by atoms with van der Waals surface area (Å²) in [7, 11) is 0. The van der Waals surface area contributed by atoms with Crippen molar-refractivity contribution in [3.8, 4) is 11.8 Å². The molecule has 1 aromatic carbocycles. The number of hydrogen-bond acceptors (Lipinski definition) is 5. The molecule has 0 spiro atoms. The first-order chi connectivity index (χ1) is 8.99. The molecule has 0 fully saturated rings. The zero-order chi connectivity index (χ0) is 14.4. The topological polar surface area (TPSA) is 88.2 Å². The number of nitro groups is 1. The summed E-state index contributed by atoms with van der Waals surface area (Å²) >= 11 is 0. The second kappa shape index (κ2) is 6.71. The fraction of sp³-hybridized carbons (Fsp3) is 0.462. The summed E-state index contributed by atoms with van der Waals surface area (Å²) in [4.78, 5) is 10.4. The van der Waals surface area contributed by atoms with E-state index in [-0.39, 0.29) is 12.3 Å². The Kier molecular flexibility index (Phi) is 5.27. The Morgan fingerprint density at radius 3 is 2.68 bits per heavy atom. The van der Waals surface area contributed by atoms with Crippen molar-refractivity contribution < 1.29 is 9.66 Å². The van der Waals surface area contributed by atoms with Crippen LogP contribution in [0.5, 0.6) is 5.75 Å². The summed E-state index contributed by atoms with van der Waals surface area (Å²) in [6, 6.07) is 4.76. The minimum absolute atomic E-state index is 0.0255. The molecule has 6 nitrogen and oxygen atoms in total. The third-order valence-electron chi connectivity index (χ3n) is 2.70. The van der Waals surface area contributed by atoms with E-state index >= 15 is 0 Å². The molecule has 0 aliphatic heterocycles. The summed E-state index contributed by atoms with van der Waals surface area (Å²) < 4.78 is 5.50. The summed E-state index contributed by atoms with van der Waals surface area (Å²) in [6.45, 7) is 6.22. The van der Waals surface area contributed by atoms with E-state index in [4.69, 9.17) is 10.00 Å². The van der Waals surface area contributed by atoms with Gasteiger partial charge >= 0.3 is 0 Å². The number of nitrogens with zero attached hydrogens (tertiary/aromatic N) is 2. The molecule has 0 saturated carbocycles. The van der Waals surface area contributed by atoms with Gasteiger partial charge in [0.05, 0.1) is 17.1 Å². The highest BCUT2D eigenvalue weighted by Gasteiger charge is 2.15. The number of nitro benzene ring substituents is 1. The van der Waals surface area contributed by atoms with Gasteiger partial charge in [-0.05, 0) is 32.0 Å². The molecule has 1 aromatic rings. The first-order valence-corrected chi connectivity index (χ1v) is 6.01. The number of nitrogens with one attached hydrogen (secondary N) is 1. The van der Waals surface area contributed by atoms with E-state index in [9.17, 15) is 10.1 Å². The highest BCUT2D eigenvalue weighted by molar-refractivity contribution is 5.49. The predicted molar refractivity (Wildman–Crippen MR) is 71.1 cm³/mol. The third-order valence-corrected chi connectivity index (χ3v) is 2.70. The molecular weight excluding hydrogens is 246 g/mol. The molecule has 1 atom stereocenters. The minimum atomic E-state index is -0.437. The van der Waals surface area contributed by atoms with Crippen LogP contribution in [0.25, 0.3) is 0 Å². The Balaban J connectivity index is 2.87. The summed E-state index contributed by atoms with van der Waals surface area (Å²) in [6.07, 6.45) is 0. The average molecular weight is 263 g/mol. The lowest BCUT2D eigenvalue weighted by molar-refractivity contribution is -0.385. The molecule has 0 aliphatic carbocycles. The molecule has 102 valence electrons. The van der Waals surface area contributed by atoms with Gasteiger partial charge in [0, 0.05) is 5.56 Å². The highest BCUT2D eigenvalue weighted by Crippen LogP contribution is 2.28. The van der Waals surface area contributed by atoms with E-state index in [1.165, 1.54) is 6.07 Å². The standard InChI is InChI=1S/C13H17N3O3/c1-4-15-11(7-14)8-19-13-6-12(16(17)18)9(2)5-10(13)3/h5-6,11,15H,4,8H2,1-3H3. The van der Waals surface area contributed by atoms with E-state index in [0.29, 0.717) is 17.9 Å². The van der Waals surface area contributed by atoms with Crippen molar-refractivity contribution in [3.63, 3.8) is 0 Å². The number of ether oxygens (including phenoxy) is 1. The van der Waals surface area contributed by atoms with E-state index in [1.807, 2.05) is 13.8 Å². The Morgan fingerprint density at radius 1 is 1.47 bits per heavy atom. The van der Waals surface area contributed by atoms with Crippen LogP contribution in [0.2, 0.25) is 0 Å². The van der Waals surface area contributed by atoms with Crippen LogP contribution in [0.4, 0.5) is 5.69 Å². The maximum Gasteiger partial charge on any atom is 0.276 e. The molecule has 0 aromatic heterocycles. The molecule has 19 heavy (non-hydrogen) atoms. The van der Waals surface area contributed by atoms with Crippen LogP contribution in [0.1, 0.15) is 18.1 Å². The lowest BCUT2D eigenvalue weighted by Gasteiger charge is -2.13. The monoisotopic (exact) mass is 263 g/mol. The van der Waals surface area contributed by atoms with Crippen LogP contribution < -0.4 is 10.1 Å². The van der Waals surface area contributed by atoms with Gasteiger partial charge in [-0.2, -0.15) is 5.26 Å². The number of rotatable bonds is 6. The number of likely N-dealkylation sites (N-methyl/N-ethyl adjacent to an activating group) is 1. The van der Waals surface area contributed by atoms with Crippen molar-refractivity contribution in [2.45, 2.75) is 26.8 Å². The van der Waals surface area contributed by atoms with Crippen LogP contribution in [-0.4, -0.2) is 24.1 Å². The van der Waals surface area contributed by atoms with Crippen molar-refractivity contribution in [1.29, 1.82) is 5.26 Å². The second-order valence-electron chi connectivity index (χ2n) is 4.21. The van der Waals surface area contributed by atoms with Gasteiger partial charge in [0.25, 0.3) is 5.69 Å². The molecule has 0 saturated heterocycles. The molecule has 1 unspecified atom stereocenters. The summed E-state index contributed by atoms with van der Waals surface area (Å²) in [5.41, 5.74) is 1.44. The largest absolute Gasteiger partial charge is 0.490 e. The van der Waals surface area contributed by atoms with E-state index < -0.39 is 11.0 Å². The van der Waals surface area contributed by atoms with Crippen molar-refractivity contribution in [1.82, 2.24) is 5.32 Å². The lowest BCUT2D eigenvalue weighted by Crippen LogP contribution is -2.33. The number of nitriles is 1. The van der Waals surface area contributed by atoms with Crippen molar-refractivity contribution in [3.05, 3.63) is 33.4 Å². The van der Waals surface area contributed by atoms with Crippen molar-refractivity contribution in [2.24, 2.45) is 0 Å². The minimum Gasteiger partial charge on any atom is -0.490 e. The molecule has 1 rings (SSSR count). The summed E-state index contributed by atoms with van der Waals surface area (Å²) in [5, 5.41) is 22.7. The van der Waals surface area contributed by atoms with Gasteiger partial charge in [-0.25, -0.2) is 0 Å². The fourth-order valence-corrected chi connectivity index (χ4v) is 1.74. The predicted octanol–water partition coefficient (Wildman–Crippen LogP) is 2.09. The smallest absolute Gasteiger partial charge is 0.276 e. The van der Waals surface area contributed by atoms with Crippen molar-refractivity contribution in [2.75, 3.05) is 13.2 Å². The van der Waals surface area contributed by atoms with Crippen LogP contribution >= 0.6 is 0 Å². The van der Waals surface area contributed by atoms with E-state index in [0.717, 1.165) is 5.56 Å². The highest BCUT2D eigenvalue weighted by atomic mass is 16.6. The Bertz CT molecular complexity index is 509. The molecule has 0 aliphatic rings. The first-order valence-electron chi connectivity index (χ1n) is 6.01. The zero-order valence-electron chi connectivity index (χ0n) is 11.3. The van der Waals surface area contributed by atoms with Gasteiger partial charge in [-0.1, -0.05) is 6.92 Å². The van der Waals surface area contributed by atoms with Crippen LogP contribution in [0.15, 0.2) is 12.1 Å². The van der Waals surface area contributed by atoms with Gasteiger partial charge in [0.2, 0.25) is 0 Å². The number of aryl methyl sites for hydroxylation is 2. The molecule has 1 N–H and O–H groups in total. The van der Waals surface area contributed by atoms with Crippen LogP contribution in [0, 0.1) is 35.3 Å². The lowest BCUT2D eigenvalue weighted by atomic mass is 10.1. The fourth-order valence-electron chi connectivity index (χ4n) is 1.74. The van der Waals surface area contributed by atoms with Gasteiger partial charge < -0.3 is 4.74 Å². The van der Waals surface area contributed by atoms with E-state index in [1.54, 1.807) is 13.0 Å². The van der Waals surface area contributed by atoms with Gasteiger partial charge in [0.15, 0.2) is 0 Å². The molecule has 0 heterocycles. The van der Waals surface area contributed by atoms with Crippen LogP contribution in [0.3, 0.4) is 0 Å². The molecule has 0 amide bonds. The quantitative estimate of drug-likeness (QED) is 0.627. The SMILES string of the molecule is CCNC(C#N)COc1cc([N+](=O)[O-])c(C)cc1C. The molecule has 0 bridgehead atoms. The second-order valence-corrected chi connectivity index (χ2v) is 4.21. The van der Waals surface area contributed by atoms with Gasteiger partial charge in [-0.15, -0.1) is 0 Å². The Morgan fingerprint density at radius 2 is 2.16 bits per heavy atom. The number of benzene rings is 1. The Hall–Kier alpha value is -2.13. The maximum absolute atomic E-state index is 10.9. The molecular formula is C13H17N3O3. The Labute approximate surface area is 112 Å². The zero-order valence-corrected chi connectivity index (χ0v) is 11.3. The molecule has 0 radical (unpaired) electrons. The molecule has 6 heteroatoms. The summed E-state index contributed by atoms with van der Waals surface area (Å²) in [5.74, 6) is 0.440. The normalized spacial score (nSPS) is 11.7. The number of hydrogen-bond donors (Lipinski definition) is 1. The average Bonchev–Trinajstić information content (AvgIpc) is 2.35. The third kappa shape index (κ3) is 3.93. The van der Waals surface area contributed by atoms with E-state index in [2.05, 4.69) is 11.4 Å². The first kappa shape index (κ1) is 14.9. The van der Waals surface area contributed by atoms with Crippen LogP contribution in [-0.2, 0) is 0 Å². The maximum atomic E-state index is 10.9.